The number of aliphatic imine (C=N–C) groups is 1. The van der Waals surface area contributed by atoms with Crippen molar-refractivity contribution >= 4 is 17.3 Å². The van der Waals surface area contributed by atoms with Gasteiger partial charge in [-0.05, 0) is 66.5 Å². The molecule has 1 nitrogen and oxygen atoms in total. The first kappa shape index (κ1) is 15.3. The molecule has 2 aromatic carbocycles. The lowest BCUT2D eigenvalue weighted by Gasteiger charge is -2.12. The van der Waals surface area contributed by atoms with Crippen molar-refractivity contribution in [3.05, 3.63) is 69.7 Å². The van der Waals surface area contributed by atoms with Gasteiger partial charge in [-0.1, -0.05) is 48.9 Å². The molecule has 2 heteroatoms. The molecule has 22 heavy (non-hydrogen) atoms. The molecule has 0 aliphatic heterocycles. The zero-order chi connectivity index (χ0) is 15.5. The van der Waals surface area contributed by atoms with Gasteiger partial charge in [0.2, 0.25) is 0 Å². The van der Waals surface area contributed by atoms with Crippen molar-refractivity contribution in [2.75, 3.05) is 0 Å². The largest absolute Gasteiger partial charge is 0.285 e. The summed E-state index contributed by atoms with van der Waals surface area (Å²) in [5.41, 5.74) is 6.55. The summed E-state index contributed by atoms with van der Waals surface area (Å²) in [5.74, 6) is 0.767. The fraction of sp³-hybridized carbons (Fsp3) is 0.350. The molecule has 0 aromatic heterocycles. The Hall–Kier alpha value is -1.60. The molecule has 1 aliphatic rings. The molecule has 2 aromatic rings. The standard InChI is InChI=1S/C20H22ClN/c1-3-15-6-5-9-19(16-10-11-16)20(15)13-22-14(2)17-7-4-8-18(21)12-17/h4-9,12,16H,3,10-11,13H2,1-2H3/b22-14-. The topological polar surface area (TPSA) is 12.4 Å². The van der Waals surface area contributed by atoms with Gasteiger partial charge < -0.3 is 0 Å². The van der Waals surface area contributed by atoms with Gasteiger partial charge in [-0.3, -0.25) is 4.99 Å². The SMILES string of the molecule is CCc1cccc(C2CC2)c1C/N=C(/C)c1cccc(Cl)c1. The molecule has 0 atom stereocenters. The van der Waals surface area contributed by atoms with Gasteiger partial charge in [-0.25, -0.2) is 0 Å². The van der Waals surface area contributed by atoms with E-state index in [-0.39, 0.29) is 0 Å². The first-order chi connectivity index (χ1) is 10.7. The van der Waals surface area contributed by atoms with Gasteiger partial charge >= 0.3 is 0 Å². The number of rotatable bonds is 5. The normalized spacial score (nSPS) is 15.1. The van der Waals surface area contributed by atoms with E-state index in [2.05, 4.69) is 38.1 Å². The third-order valence-electron chi connectivity index (χ3n) is 4.42. The van der Waals surface area contributed by atoms with Crippen LogP contribution in [0.5, 0.6) is 0 Å². The van der Waals surface area contributed by atoms with Gasteiger partial charge in [-0.2, -0.15) is 0 Å². The van der Waals surface area contributed by atoms with Crippen LogP contribution < -0.4 is 0 Å². The van der Waals surface area contributed by atoms with Crippen LogP contribution in [0.1, 0.15) is 54.9 Å². The molecule has 0 heterocycles. The molecule has 3 rings (SSSR count). The third-order valence-corrected chi connectivity index (χ3v) is 4.66. The summed E-state index contributed by atoms with van der Waals surface area (Å²) in [5, 5.41) is 0.764. The molecule has 1 saturated carbocycles. The zero-order valence-electron chi connectivity index (χ0n) is 13.3. The Morgan fingerprint density at radius 3 is 2.64 bits per heavy atom. The number of aryl methyl sites for hydroxylation is 1. The Morgan fingerprint density at radius 2 is 1.95 bits per heavy atom. The smallest absolute Gasteiger partial charge is 0.0648 e. The lowest BCUT2D eigenvalue weighted by atomic mass is 9.96. The van der Waals surface area contributed by atoms with E-state index in [9.17, 15) is 0 Å². The molecule has 1 fully saturated rings. The fourth-order valence-electron chi connectivity index (χ4n) is 2.96. The minimum Gasteiger partial charge on any atom is -0.285 e. The van der Waals surface area contributed by atoms with Crippen LogP contribution >= 0.6 is 11.6 Å². The number of hydrogen-bond acceptors (Lipinski definition) is 1. The molecule has 0 unspecified atom stereocenters. The van der Waals surface area contributed by atoms with E-state index < -0.39 is 0 Å². The van der Waals surface area contributed by atoms with Crippen LogP contribution in [0.4, 0.5) is 0 Å². The van der Waals surface area contributed by atoms with Crippen LogP contribution in [0.25, 0.3) is 0 Å². The minimum atomic E-state index is 0.764. The van der Waals surface area contributed by atoms with Gasteiger partial charge in [0.1, 0.15) is 0 Å². The molecule has 0 spiro atoms. The van der Waals surface area contributed by atoms with Gasteiger partial charge in [0.15, 0.2) is 0 Å². The second-order valence-corrected chi connectivity index (χ2v) is 6.46. The monoisotopic (exact) mass is 311 g/mol. The third kappa shape index (κ3) is 3.41. The van der Waals surface area contributed by atoms with Crippen LogP contribution in [-0.4, -0.2) is 5.71 Å². The Bertz CT molecular complexity index is 699. The van der Waals surface area contributed by atoms with Gasteiger partial charge in [0.05, 0.1) is 6.54 Å². The van der Waals surface area contributed by atoms with Crippen LogP contribution in [0.2, 0.25) is 5.02 Å². The molecule has 0 bridgehead atoms. The van der Waals surface area contributed by atoms with Crippen molar-refractivity contribution in [2.24, 2.45) is 4.99 Å². The van der Waals surface area contributed by atoms with Gasteiger partial charge in [0.25, 0.3) is 0 Å². The summed E-state index contributed by atoms with van der Waals surface area (Å²) in [4.78, 5) is 4.84. The first-order valence-corrected chi connectivity index (χ1v) is 8.44. The van der Waals surface area contributed by atoms with Crippen LogP contribution in [-0.2, 0) is 13.0 Å². The first-order valence-electron chi connectivity index (χ1n) is 8.06. The second kappa shape index (κ2) is 6.66. The molecule has 0 saturated heterocycles. The molecule has 0 N–H and O–H groups in total. The van der Waals surface area contributed by atoms with Crippen molar-refractivity contribution in [2.45, 2.75) is 45.6 Å². The van der Waals surface area contributed by atoms with Crippen molar-refractivity contribution in [1.29, 1.82) is 0 Å². The maximum atomic E-state index is 6.07. The predicted octanol–water partition coefficient (Wildman–Crippen LogP) is 5.79. The highest BCUT2D eigenvalue weighted by atomic mass is 35.5. The van der Waals surface area contributed by atoms with E-state index in [1.807, 2.05) is 18.2 Å². The minimum absolute atomic E-state index is 0.764. The van der Waals surface area contributed by atoms with Gasteiger partial charge in [0, 0.05) is 10.7 Å². The highest BCUT2D eigenvalue weighted by Gasteiger charge is 2.26. The Kier molecular flexibility index (Phi) is 4.63. The summed E-state index contributed by atoms with van der Waals surface area (Å²) >= 11 is 6.07. The summed E-state index contributed by atoms with van der Waals surface area (Å²) in [6, 6.07) is 14.7. The van der Waals surface area contributed by atoms with Gasteiger partial charge in [-0.15, -0.1) is 0 Å². The fourth-order valence-corrected chi connectivity index (χ4v) is 3.15. The molecule has 1 aliphatic carbocycles. The Morgan fingerprint density at radius 1 is 1.18 bits per heavy atom. The van der Waals surface area contributed by atoms with Crippen molar-refractivity contribution in [3.8, 4) is 0 Å². The van der Waals surface area contributed by atoms with E-state index in [4.69, 9.17) is 16.6 Å². The molecular weight excluding hydrogens is 290 g/mol. The average molecular weight is 312 g/mol. The summed E-state index contributed by atoms with van der Waals surface area (Å²) in [7, 11) is 0. The van der Waals surface area contributed by atoms with E-state index in [1.54, 1.807) is 0 Å². The van der Waals surface area contributed by atoms with E-state index in [0.717, 1.165) is 35.2 Å². The van der Waals surface area contributed by atoms with E-state index in [1.165, 1.54) is 29.5 Å². The van der Waals surface area contributed by atoms with E-state index in [0.29, 0.717) is 0 Å². The highest BCUT2D eigenvalue weighted by molar-refractivity contribution is 6.31. The van der Waals surface area contributed by atoms with Crippen LogP contribution in [0.3, 0.4) is 0 Å². The lowest BCUT2D eigenvalue weighted by Crippen LogP contribution is -2.01. The summed E-state index contributed by atoms with van der Waals surface area (Å²) < 4.78 is 0. The maximum Gasteiger partial charge on any atom is 0.0648 e. The number of hydrogen-bond donors (Lipinski definition) is 0. The Balaban J connectivity index is 1.88. The van der Waals surface area contributed by atoms with E-state index >= 15 is 0 Å². The van der Waals surface area contributed by atoms with Crippen molar-refractivity contribution in [3.63, 3.8) is 0 Å². The highest BCUT2D eigenvalue weighted by Crippen LogP contribution is 2.42. The maximum absolute atomic E-state index is 6.07. The average Bonchev–Trinajstić information content (AvgIpc) is 3.37. The van der Waals surface area contributed by atoms with Crippen molar-refractivity contribution in [1.82, 2.24) is 0 Å². The number of halogens is 1. The van der Waals surface area contributed by atoms with Crippen LogP contribution in [0, 0.1) is 0 Å². The quantitative estimate of drug-likeness (QED) is 0.620. The molecule has 114 valence electrons. The summed E-state index contributed by atoms with van der Waals surface area (Å²) in [6.45, 7) is 5.06. The predicted molar refractivity (Wildman–Crippen MR) is 95.2 cm³/mol. The molecular formula is C20H22ClN. The number of nitrogens with zero attached hydrogens (tertiary/aromatic N) is 1. The summed E-state index contributed by atoms with van der Waals surface area (Å²) in [6.07, 6.45) is 3.73. The van der Waals surface area contributed by atoms with Crippen LogP contribution in [0.15, 0.2) is 47.5 Å². The molecule has 0 amide bonds. The zero-order valence-corrected chi connectivity index (χ0v) is 14.0. The Labute approximate surface area is 138 Å². The number of benzene rings is 2. The second-order valence-electron chi connectivity index (χ2n) is 6.02. The molecule has 0 radical (unpaired) electrons. The lowest BCUT2D eigenvalue weighted by molar-refractivity contribution is 0.950. The van der Waals surface area contributed by atoms with Crippen molar-refractivity contribution < 1.29 is 0 Å².